The summed E-state index contributed by atoms with van der Waals surface area (Å²) in [6.07, 6.45) is 7.07. The molecule has 1 fully saturated rings. The predicted molar refractivity (Wildman–Crippen MR) is 73.0 cm³/mol. The minimum absolute atomic E-state index is 0.419. The third-order valence-corrected chi connectivity index (χ3v) is 3.24. The van der Waals surface area contributed by atoms with Gasteiger partial charge in [0, 0.05) is 31.9 Å². The monoisotopic (exact) mass is 264 g/mol. The predicted octanol–water partition coefficient (Wildman–Crippen LogP) is 1.70. The Hall–Kier alpha value is -1.75. The van der Waals surface area contributed by atoms with Gasteiger partial charge in [-0.3, -0.25) is 0 Å². The zero-order valence-corrected chi connectivity index (χ0v) is 11.2. The number of hydrogen-bond acceptors (Lipinski definition) is 3. The summed E-state index contributed by atoms with van der Waals surface area (Å²) in [7, 11) is 0. The van der Waals surface area contributed by atoms with Gasteiger partial charge in [-0.15, -0.1) is 0 Å². The molecule has 1 amide bonds. The lowest BCUT2D eigenvalue weighted by molar-refractivity contribution is 0.0554. The molecule has 19 heavy (non-hydrogen) atoms. The quantitative estimate of drug-likeness (QED) is 0.783. The Balaban J connectivity index is 2.14. The van der Waals surface area contributed by atoms with Crippen LogP contribution in [0, 0.1) is 0 Å². The minimum atomic E-state index is -0.882. The van der Waals surface area contributed by atoms with E-state index in [4.69, 9.17) is 9.84 Å². The molecule has 0 bridgehead atoms. The van der Waals surface area contributed by atoms with E-state index in [9.17, 15) is 4.79 Å². The number of hydrogen-bond donors (Lipinski definition) is 1. The lowest BCUT2D eigenvalue weighted by atomic mass is 10.2. The van der Waals surface area contributed by atoms with Crippen LogP contribution in [0.5, 0.6) is 0 Å². The molecule has 104 valence electrons. The van der Waals surface area contributed by atoms with E-state index >= 15 is 0 Å². The van der Waals surface area contributed by atoms with Gasteiger partial charge in [0.15, 0.2) is 0 Å². The fraction of sp³-hybridized carbons (Fsp3) is 0.500. The van der Waals surface area contributed by atoms with Gasteiger partial charge >= 0.3 is 6.09 Å². The maximum Gasteiger partial charge on any atom is 0.407 e. The van der Waals surface area contributed by atoms with Crippen LogP contribution in [0.4, 0.5) is 4.79 Å². The maximum atomic E-state index is 11.1. The summed E-state index contributed by atoms with van der Waals surface area (Å²) < 4.78 is 5.35. The van der Waals surface area contributed by atoms with Crippen molar-refractivity contribution in [1.29, 1.82) is 0 Å². The van der Waals surface area contributed by atoms with Crippen LogP contribution in [0.1, 0.15) is 6.92 Å². The van der Waals surface area contributed by atoms with E-state index in [2.05, 4.69) is 11.0 Å². The molecule has 2 rings (SSSR count). The van der Waals surface area contributed by atoms with E-state index in [1.54, 1.807) is 0 Å². The summed E-state index contributed by atoms with van der Waals surface area (Å²) in [6.45, 7) is 6.07. The first-order chi connectivity index (χ1) is 9.16. The number of amides is 1. The SMILES string of the molecule is C\C1=C/C=C(N2CCOCC2)\C=C\CN(C(=O)O)C1. The summed E-state index contributed by atoms with van der Waals surface area (Å²) in [5, 5.41) is 9.10. The molecule has 2 heterocycles. The molecule has 5 heteroatoms. The largest absolute Gasteiger partial charge is 0.465 e. The van der Waals surface area contributed by atoms with E-state index in [1.807, 2.05) is 25.2 Å². The highest BCUT2D eigenvalue weighted by molar-refractivity contribution is 5.65. The first kappa shape index (κ1) is 13.7. The zero-order chi connectivity index (χ0) is 13.7. The molecule has 0 saturated carbocycles. The molecule has 2 aliphatic heterocycles. The lowest BCUT2D eigenvalue weighted by Gasteiger charge is -2.29. The Morgan fingerprint density at radius 1 is 1.32 bits per heavy atom. The highest BCUT2D eigenvalue weighted by Crippen LogP contribution is 2.12. The summed E-state index contributed by atoms with van der Waals surface area (Å²) in [5.41, 5.74) is 2.16. The molecule has 0 aliphatic carbocycles. The van der Waals surface area contributed by atoms with Crippen molar-refractivity contribution in [2.24, 2.45) is 0 Å². The highest BCUT2D eigenvalue weighted by atomic mass is 16.5. The fourth-order valence-electron chi connectivity index (χ4n) is 2.18. The molecule has 0 unspecified atom stereocenters. The standard InChI is InChI=1S/C14H20N2O3/c1-12-4-5-13(15-7-9-19-10-8-15)3-2-6-16(11-12)14(17)18/h2-5H,6-11H2,1H3,(H,17,18)/b3-2+,12-4+,13-5+. The molecule has 2 aliphatic rings. The van der Waals surface area contributed by atoms with E-state index in [1.165, 1.54) is 4.90 Å². The maximum absolute atomic E-state index is 11.1. The van der Waals surface area contributed by atoms with Crippen LogP contribution in [0.15, 0.2) is 35.6 Å². The molecule has 1 saturated heterocycles. The normalized spacial score (nSPS) is 28.3. The molecule has 0 atom stereocenters. The molecule has 5 nitrogen and oxygen atoms in total. The van der Waals surface area contributed by atoms with Crippen LogP contribution in [-0.4, -0.2) is 60.4 Å². The van der Waals surface area contributed by atoms with Gasteiger partial charge in [-0.2, -0.15) is 0 Å². The second-order valence-corrected chi connectivity index (χ2v) is 4.77. The summed E-state index contributed by atoms with van der Waals surface area (Å²) >= 11 is 0. The van der Waals surface area contributed by atoms with E-state index in [0.717, 1.165) is 37.6 Å². The van der Waals surface area contributed by atoms with Gasteiger partial charge in [-0.25, -0.2) is 4.79 Å². The van der Waals surface area contributed by atoms with Crippen molar-refractivity contribution in [3.8, 4) is 0 Å². The van der Waals surface area contributed by atoms with Crippen LogP contribution >= 0.6 is 0 Å². The second kappa shape index (κ2) is 6.43. The first-order valence-corrected chi connectivity index (χ1v) is 6.51. The number of nitrogens with zero attached hydrogens (tertiary/aromatic N) is 2. The van der Waals surface area contributed by atoms with Crippen molar-refractivity contribution in [2.75, 3.05) is 39.4 Å². The number of carbonyl (C=O) groups is 1. The van der Waals surface area contributed by atoms with Crippen LogP contribution < -0.4 is 0 Å². The Labute approximate surface area is 113 Å². The highest BCUT2D eigenvalue weighted by Gasteiger charge is 2.14. The summed E-state index contributed by atoms with van der Waals surface area (Å²) in [4.78, 5) is 14.7. The van der Waals surface area contributed by atoms with Crippen LogP contribution in [-0.2, 0) is 4.74 Å². The number of rotatable bonds is 1. The van der Waals surface area contributed by atoms with Crippen LogP contribution in [0.3, 0.4) is 0 Å². The molecule has 0 aromatic carbocycles. The Morgan fingerprint density at radius 2 is 2.05 bits per heavy atom. The van der Waals surface area contributed by atoms with Gasteiger partial charge in [0.1, 0.15) is 0 Å². The number of morpholine rings is 1. The molecule has 0 aromatic rings. The number of carboxylic acid groups (broad SMARTS) is 1. The zero-order valence-electron chi connectivity index (χ0n) is 11.2. The average Bonchev–Trinajstić information content (AvgIpc) is 2.50. The van der Waals surface area contributed by atoms with Gasteiger partial charge in [0.05, 0.1) is 13.2 Å². The molecule has 0 radical (unpaired) electrons. The average molecular weight is 264 g/mol. The smallest absolute Gasteiger partial charge is 0.407 e. The first-order valence-electron chi connectivity index (χ1n) is 6.51. The Bertz CT molecular complexity index is 420. The van der Waals surface area contributed by atoms with Crippen molar-refractivity contribution in [3.05, 3.63) is 35.6 Å². The minimum Gasteiger partial charge on any atom is -0.465 e. The summed E-state index contributed by atoms with van der Waals surface area (Å²) in [5.74, 6) is 0. The molecule has 1 N–H and O–H groups in total. The molecule has 0 spiro atoms. The van der Waals surface area contributed by atoms with Gasteiger partial charge in [-0.1, -0.05) is 17.7 Å². The molecule has 0 aromatic heterocycles. The molecular weight excluding hydrogens is 244 g/mol. The van der Waals surface area contributed by atoms with Crippen molar-refractivity contribution < 1.29 is 14.6 Å². The van der Waals surface area contributed by atoms with Crippen molar-refractivity contribution >= 4 is 6.09 Å². The third-order valence-electron chi connectivity index (χ3n) is 3.24. The van der Waals surface area contributed by atoms with Gasteiger partial charge in [-0.05, 0) is 19.1 Å². The van der Waals surface area contributed by atoms with Gasteiger partial charge < -0.3 is 19.6 Å². The Kier molecular flexibility index (Phi) is 4.63. The van der Waals surface area contributed by atoms with Crippen LogP contribution in [0.25, 0.3) is 0 Å². The van der Waals surface area contributed by atoms with Crippen LogP contribution in [0.2, 0.25) is 0 Å². The second-order valence-electron chi connectivity index (χ2n) is 4.77. The summed E-state index contributed by atoms with van der Waals surface area (Å²) in [6, 6.07) is 0. The third kappa shape index (κ3) is 3.86. The van der Waals surface area contributed by atoms with Gasteiger partial charge in [0.25, 0.3) is 0 Å². The van der Waals surface area contributed by atoms with Gasteiger partial charge in [0.2, 0.25) is 0 Å². The fourth-order valence-corrected chi connectivity index (χ4v) is 2.18. The Morgan fingerprint density at radius 3 is 2.74 bits per heavy atom. The van der Waals surface area contributed by atoms with Crippen molar-refractivity contribution in [1.82, 2.24) is 9.80 Å². The topological polar surface area (TPSA) is 53.0 Å². The van der Waals surface area contributed by atoms with Crippen molar-refractivity contribution in [2.45, 2.75) is 6.92 Å². The number of ether oxygens (including phenoxy) is 1. The van der Waals surface area contributed by atoms with E-state index in [-0.39, 0.29) is 0 Å². The van der Waals surface area contributed by atoms with Crippen molar-refractivity contribution in [3.63, 3.8) is 0 Å². The lowest BCUT2D eigenvalue weighted by Crippen LogP contribution is -2.35. The van der Waals surface area contributed by atoms with E-state index in [0.29, 0.717) is 13.1 Å². The number of allylic oxidation sites excluding steroid dienone is 3. The molecular formula is C14H20N2O3. The van der Waals surface area contributed by atoms with E-state index < -0.39 is 6.09 Å².